The van der Waals surface area contributed by atoms with Crippen LogP contribution in [-0.2, 0) is 32.3 Å². The summed E-state index contributed by atoms with van der Waals surface area (Å²) in [6.07, 6.45) is -7.20. The second-order valence-electron chi connectivity index (χ2n) is 10.3. The number of carbonyl (C=O) groups excluding carboxylic acids is 2. The van der Waals surface area contributed by atoms with Crippen LogP contribution in [0.5, 0.6) is 11.5 Å². The number of benzene rings is 4. The lowest BCUT2D eigenvalue weighted by Crippen LogP contribution is -2.54. The third-order valence-electron chi connectivity index (χ3n) is 7.16. The Morgan fingerprint density at radius 2 is 0.955 bits per heavy atom. The summed E-state index contributed by atoms with van der Waals surface area (Å²) in [7, 11) is 0. The zero-order chi connectivity index (χ0) is 31.6. The number of amides is 2. The SMILES string of the molecule is Cc1c(O)cccc1NC(=O)[C@H](OCc1ccccc1)[C@H](O)[C@@H](O)[C@@H](OCc1ccccc1)C(=O)Nc1cccc(O)c1C. The predicted molar refractivity (Wildman–Crippen MR) is 165 cm³/mol. The minimum absolute atomic E-state index is 0.0431. The average molecular weight is 601 g/mol. The molecule has 2 amide bonds. The van der Waals surface area contributed by atoms with Crippen molar-refractivity contribution in [2.45, 2.75) is 51.5 Å². The monoisotopic (exact) mass is 600 g/mol. The first-order valence-corrected chi connectivity index (χ1v) is 14.0. The highest BCUT2D eigenvalue weighted by Gasteiger charge is 2.41. The van der Waals surface area contributed by atoms with E-state index >= 15 is 0 Å². The zero-order valence-electron chi connectivity index (χ0n) is 24.4. The normalized spacial score (nSPS) is 13.8. The number of hydrogen-bond acceptors (Lipinski definition) is 8. The third-order valence-corrected chi connectivity index (χ3v) is 7.16. The molecule has 4 atom stereocenters. The van der Waals surface area contributed by atoms with Gasteiger partial charge in [-0.2, -0.15) is 0 Å². The van der Waals surface area contributed by atoms with E-state index in [9.17, 15) is 30.0 Å². The van der Waals surface area contributed by atoms with E-state index in [1.165, 1.54) is 12.1 Å². The molecule has 230 valence electrons. The van der Waals surface area contributed by atoms with Crippen molar-refractivity contribution in [3.63, 3.8) is 0 Å². The van der Waals surface area contributed by atoms with Crippen LogP contribution in [0.4, 0.5) is 11.4 Å². The molecule has 6 N–H and O–H groups in total. The Kier molecular flexibility index (Phi) is 11.1. The maximum atomic E-state index is 13.5. The molecular weight excluding hydrogens is 564 g/mol. The number of ether oxygens (including phenoxy) is 2. The predicted octanol–water partition coefficient (Wildman–Crippen LogP) is 4.18. The molecule has 10 nitrogen and oxygen atoms in total. The molecule has 0 bridgehead atoms. The van der Waals surface area contributed by atoms with E-state index in [0.717, 1.165) is 0 Å². The highest BCUT2D eigenvalue weighted by atomic mass is 16.5. The van der Waals surface area contributed by atoms with Crippen molar-refractivity contribution >= 4 is 23.2 Å². The molecular formula is C34H36N2O8. The second-order valence-corrected chi connectivity index (χ2v) is 10.3. The highest BCUT2D eigenvalue weighted by molar-refractivity contribution is 5.97. The van der Waals surface area contributed by atoms with Gasteiger partial charge in [0.1, 0.15) is 23.7 Å². The Hall–Kier alpha value is -4.74. The topological polar surface area (TPSA) is 158 Å². The molecule has 0 aliphatic heterocycles. The van der Waals surface area contributed by atoms with Crippen molar-refractivity contribution in [1.82, 2.24) is 0 Å². The molecule has 0 aliphatic rings. The summed E-state index contributed by atoms with van der Waals surface area (Å²) in [4.78, 5) is 27.1. The molecule has 0 saturated heterocycles. The zero-order valence-corrected chi connectivity index (χ0v) is 24.4. The number of nitrogens with one attached hydrogen (secondary N) is 2. The molecule has 4 aromatic rings. The molecule has 4 aromatic carbocycles. The smallest absolute Gasteiger partial charge is 0.256 e. The molecule has 0 radical (unpaired) electrons. The largest absolute Gasteiger partial charge is 0.508 e. The van der Waals surface area contributed by atoms with Crippen LogP contribution < -0.4 is 10.6 Å². The van der Waals surface area contributed by atoms with Crippen LogP contribution in [0, 0.1) is 13.8 Å². The Labute approximate surface area is 255 Å². The maximum absolute atomic E-state index is 13.5. The van der Waals surface area contributed by atoms with Gasteiger partial charge in [-0.15, -0.1) is 0 Å². The van der Waals surface area contributed by atoms with Crippen LogP contribution in [0.25, 0.3) is 0 Å². The average Bonchev–Trinajstić information content (AvgIpc) is 3.02. The van der Waals surface area contributed by atoms with Gasteiger partial charge in [0.25, 0.3) is 11.8 Å². The first-order chi connectivity index (χ1) is 21.2. The van der Waals surface area contributed by atoms with Crippen molar-refractivity contribution in [2.75, 3.05) is 10.6 Å². The summed E-state index contributed by atoms with van der Waals surface area (Å²) in [5, 5.41) is 48.3. The minimum atomic E-state index is -1.94. The van der Waals surface area contributed by atoms with E-state index in [1.807, 2.05) is 12.1 Å². The molecule has 0 unspecified atom stereocenters. The molecule has 0 aromatic heterocycles. The van der Waals surface area contributed by atoms with E-state index < -0.39 is 36.2 Å². The Balaban J connectivity index is 1.62. The fourth-order valence-corrected chi connectivity index (χ4v) is 4.46. The summed E-state index contributed by atoms with van der Waals surface area (Å²) in [6.45, 7) is 3.03. The first kappa shape index (κ1) is 32.2. The lowest BCUT2D eigenvalue weighted by Gasteiger charge is -2.31. The number of anilines is 2. The number of aliphatic hydroxyl groups is 2. The highest BCUT2D eigenvalue weighted by Crippen LogP contribution is 2.27. The molecule has 44 heavy (non-hydrogen) atoms. The second kappa shape index (κ2) is 15.1. The van der Waals surface area contributed by atoms with Crippen molar-refractivity contribution in [1.29, 1.82) is 0 Å². The number of carbonyl (C=O) groups is 2. The molecule has 0 aliphatic carbocycles. The van der Waals surface area contributed by atoms with E-state index in [4.69, 9.17) is 9.47 Å². The van der Waals surface area contributed by atoms with Gasteiger partial charge < -0.3 is 40.5 Å². The molecule has 0 heterocycles. The van der Waals surface area contributed by atoms with Gasteiger partial charge in [0.05, 0.1) is 13.2 Å². The summed E-state index contributed by atoms with van der Waals surface area (Å²) in [6, 6.07) is 27.0. The number of phenolic OH excluding ortho intramolecular Hbond substituents is 2. The van der Waals surface area contributed by atoms with Gasteiger partial charge >= 0.3 is 0 Å². The van der Waals surface area contributed by atoms with Gasteiger partial charge in [-0.25, -0.2) is 0 Å². The number of aliphatic hydroxyl groups excluding tert-OH is 2. The van der Waals surface area contributed by atoms with E-state index in [2.05, 4.69) is 10.6 Å². The van der Waals surface area contributed by atoms with Crippen LogP contribution in [0.2, 0.25) is 0 Å². The van der Waals surface area contributed by atoms with Crippen molar-refractivity contribution in [2.24, 2.45) is 0 Å². The lowest BCUT2D eigenvalue weighted by atomic mass is 10.0. The van der Waals surface area contributed by atoms with Crippen LogP contribution >= 0.6 is 0 Å². The fraction of sp³-hybridized carbons (Fsp3) is 0.235. The van der Waals surface area contributed by atoms with Crippen LogP contribution in [0.3, 0.4) is 0 Å². The first-order valence-electron chi connectivity index (χ1n) is 14.0. The number of hydrogen-bond donors (Lipinski definition) is 6. The van der Waals surface area contributed by atoms with E-state index in [-0.39, 0.29) is 36.1 Å². The summed E-state index contributed by atoms with van der Waals surface area (Å²) >= 11 is 0. The van der Waals surface area contributed by atoms with Crippen LogP contribution in [-0.4, -0.2) is 56.7 Å². The van der Waals surface area contributed by atoms with Gasteiger partial charge in [0.2, 0.25) is 0 Å². The number of phenols is 2. The Bertz CT molecular complexity index is 1430. The Morgan fingerprint density at radius 3 is 1.32 bits per heavy atom. The minimum Gasteiger partial charge on any atom is -0.508 e. The summed E-state index contributed by atoms with van der Waals surface area (Å²) in [5.74, 6) is -1.71. The number of aromatic hydroxyl groups is 2. The standard InChI is InChI=1S/C34H36N2O8/c1-21-25(15-9-17-27(21)37)35-33(41)31(43-19-23-11-5-3-6-12-23)29(39)30(40)32(44-20-24-13-7-4-8-14-24)34(42)36-26-16-10-18-28(38)22(26)2/h3-18,29-32,37-40H,19-20H2,1-2H3,(H,35,41)(H,36,42)/t29-,30-,31-,32-/m1/s1. The van der Waals surface area contributed by atoms with Crippen molar-refractivity contribution in [3.05, 3.63) is 119 Å². The molecule has 10 heteroatoms. The van der Waals surface area contributed by atoms with Crippen LogP contribution in [0.15, 0.2) is 97.1 Å². The lowest BCUT2D eigenvalue weighted by molar-refractivity contribution is -0.165. The van der Waals surface area contributed by atoms with Gasteiger partial charge in [0.15, 0.2) is 12.2 Å². The summed E-state index contributed by atoms with van der Waals surface area (Å²) in [5.41, 5.74) is 2.74. The molecule has 0 fully saturated rings. The maximum Gasteiger partial charge on any atom is 0.256 e. The number of rotatable bonds is 13. The third kappa shape index (κ3) is 8.21. The molecule has 4 rings (SSSR count). The van der Waals surface area contributed by atoms with Gasteiger partial charge in [-0.05, 0) is 49.2 Å². The molecule has 0 spiro atoms. The van der Waals surface area contributed by atoms with E-state index in [0.29, 0.717) is 22.3 Å². The van der Waals surface area contributed by atoms with E-state index in [1.54, 1.807) is 86.6 Å². The van der Waals surface area contributed by atoms with Gasteiger partial charge in [0, 0.05) is 22.5 Å². The van der Waals surface area contributed by atoms with Crippen molar-refractivity contribution < 1.29 is 39.5 Å². The van der Waals surface area contributed by atoms with Crippen LogP contribution in [0.1, 0.15) is 22.3 Å². The van der Waals surface area contributed by atoms with Gasteiger partial charge in [-0.3, -0.25) is 9.59 Å². The van der Waals surface area contributed by atoms with Gasteiger partial charge in [-0.1, -0.05) is 72.8 Å². The Morgan fingerprint density at radius 1 is 0.591 bits per heavy atom. The molecule has 0 saturated carbocycles. The fourth-order valence-electron chi connectivity index (χ4n) is 4.46. The summed E-state index contributed by atoms with van der Waals surface area (Å²) < 4.78 is 11.7. The quantitative estimate of drug-likeness (QED) is 0.133. The van der Waals surface area contributed by atoms with Crippen molar-refractivity contribution in [3.8, 4) is 11.5 Å².